The van der Waals surface area contributed by atoms with Gasteiger partial charge in [-0.2, -0.15) is 13.9 Å². The van der Waals surface area contributed by atoms with Crippen molar-refractivity contribution >= 4 is 21.4 Å². The number of rotatable bonds is 5. The van der Waals surface area contributed by atoms with Gasteiger partial charge in [0.15, 0.2) is 11.6 Å². The van der Waals surface area contributed by atoms with Crippen LogP contribution in [0.3, 0.4) is 0 Å². The molecule has 12 heteroatoms. The van der Waals surface area contributed by atoms with Crippen molar-refractivity contribution in [3.8, 4) is 22.8 Å². The highest BCUT2D eigenvalue weighted by Gasteiger charge is 2.54. The summed E-state index contributed by atoms with van der Waals surface area (Å²) in [5.74, 6) is -0.569. The van der Waals surface area contributed by atoms with Crippen LogP contribution in [0.4, 0.5) is 22.0 Å². The predicted molar refractivity (Wildman–Crippen MR) is 95.0 cm³/mol. The zero-order valence-corrected chi connectivity index (χ0v) is 16.0. The van der Waals surface area contributed by atoms with Crippen molar-refractivity contribution in [2.45, 2.75) is 16.6 Å². The number of hydrogen-bond donors (Lipinski definition) is 0. The maximum Gasteiger partial charge on any atom is 0.408 e. The zero-order valence-electron chi connectivity index (χ0n) is 14.5. The van der Waals surface area contributed by atoms with E-state index in [1.54, 1.807) is 0 Å². The molecule has 1 aromatic heterocycles. The molecule has 0 saturated carbocycles. The number of benzene rings is 2. The van der Waals surface area contributed by atoms with Gasteiger partial charge in [0, 0.05) is 12.6 Å². The van der Waals surface area contributed by atoms with E-state index in [0.717, 1.165) is 24.3 Å². The number of nitrogens with zero attached hydrogens (tertiary/aromatic N) is 3. The second-order valence-electron chi connectivity index (χ2n) is 5.87. The summed E-state index contributed by atoms with van der Waals surface area (Å²) in [6, 6.07) is 7.73. The van der Waals surface area contributed by atoms with Gasteiger partial charge in [0.05, 0.1) is 15.5 Å². The Morgan fingerprint density at radius 3 is 2.28 bits per heavy atom. The molecule has 0 spiro atoms. The fourth-order valence-corrected chi connectivity index (χ4v) is 3.80. The lowest BCUT2D eigenvalue weighted by Gasteiger charge is -2.16. The quantitative estimate of drug-likeness (QED) is 0.533. The summed E-state index contributed by atoms with van der Waals surface area (Å²) in [4.78, 5) is 3.17. The number of alkyl halides is 4. The Morgan fingerprint density at radius 1 is 1.10 bits per heavy atom. The van der Waals surface area contributed by atoms with Crippen LogP contribution in [0.15, 0.2) is 47.4 Å². The third kappa shape index (κ3) is 3.60. The molecule has 0 radical (unpaired) electrons. The van der Waals surface area contributed by atoms with Crippen molar-refractivity contribution in [2.24, 2.45) is 7.05 Å². The van der Waals surface area contributed by atoms with Gasteiger partial charge in [-0.15, -0.1) is 0 Å². The van der Waals surface area contributed by atoms with E-state index >= 15 is 0 Å². The monoisotopic (exact) mass is 451 g/mol. The Hall–Kier alpha value is -2.53. The van der Waals surface area contributed by atoms with Crippen LogP contribution < -0.4 is 0 Å². The third-order valence-corrected chi connectivity index (χ3v) is 6.09. The molecule has 0 unspecified atom stereocenters. The molecule has 0 aliphatic rings. The molecule has 0 fully saturated rings. The Balaban J connectivity index is 2.01. The zero-order chi connectivity index (χ0) is 21.6. The molecular formula is C17H11ClF5N3O2S. The summed E-state index contributed by atoms with van der Waals surface area (Å²) in [6.45, 7) is 0. The lowest BCUT2D eigenvalue weighted by Crippen LogP contribution is -2.36. The molecule has 29 heavy (non-hydrogen) atoms. The smallest absolute Gasteiger partial charge is 0.248 e. The van der Waals surface area contributed by atoms with E-state index < -0.39 is 32.2 Å². The molecule has 2 aromatic carbocycles. The van der Waals surface area contributed by atoms with Crippen molar-refractivity contribution in [1.29, 1.82) is 0 Å². The topological polar surface area (TPSA) is 64.8 Å². The summed E-state index contributed by atoms with van der Waals surface area (Å²) < 4.78 is 90.4. The molecule has 0 bridgehead atoms. The van der Waals surface area contributed by atoms with Crippen molar-refractivity contribution in [1.82, 2.24) is 14.8 Å². The molecule has 154 valence electrons. The second-order valence-corrected chi connectivity index (χ2v) is 8.30. The van der Waals surface area contributed by atoms with Crippen LogP contribution in [0, 0.1) is 5.82 Å². The molecule has 0 aliphatic heterocycles. The molecule has 0 amide bonds. The normalized spacial score (nSPS) is 12.6. The molecule has 1 heterocycles. The van der Waals surface area contributed by atoms with Crippen LogP contribution in [0.1, 0.15) is 0 Å². The van der Waals surface area contributed by atoms with E-state index in [1.165, 1.54) is 29.9 Å². The van der Waals surface area contributed by atoms with Crippen molar-refractivity contribution in [3.63, 3.8) is 0 Å². The largest absolute Gasteiger partial charge is 0.408 e. The van der Waals surface area contributed by atoms with Crippen molar-refractivity contribution in [3.05, 3.63) is 53.3 Å². The lowest BCUT2D eigenvalue weighted by molar-refractivity contribution is -0.0636. The van der Waals surface area contributed by atoms with Gasteiger partial charge in [0.2, 0.25) is 9.84 Å². The van der Waals surface area contributed by atoms with Crippen LogP contribution in [-0.4, -0.2) is 34.9 Å². The van der Waals surface area contributed by atoms with Gasteiger partial charge in [-0.1, -0.05) is 17.7 Å². The van der Waals surface area contributed by atoms with Crippen LogP contribution in [0.5, 0.6) is 0 Å². The fourth-order valence-electron chi connectivity index (χ4n) is 2.51. The van der Waals surface area contributed by atoms with Crippen LogP contribution in [0.25, 0.3) is 22.8 Å². The first kappa shape index (κ1) is 21.2. The summed E-state index contributed by atoms with van der Waals surface area (Å²) in [5.41, 5.74) is 0.185. The van der Waals surface area contributed by atoms with Crippen molar-refractivity contribution < 1.29 is 30.4 Å². The van der Waals surface area contributed by atoms with E-state index in [1.807, 2.05) is 0 Å². The highest BCUT2D eigenvalue weighted by atomic mass is 35.5. The number of halogens is 6. The lowest BCUT2D eigenvalue weighted by atomic mass is 10.2. The number of sulfone groups is 1. The Labute approximate surface area is 166 Å². The van der Waals surface area contributed by atoms with Gasteiger partial charge in [0.1, 0.15) is 5.82 Å². The summed E-state index contributed by atoms with van der Waals surface area (Å²) >= 11 is 5.98. The second kappa shape index (κ2) is 7.38. The molecule has 5 nitrogen and oxygen atoms in total. The van der Waals surface area contributed by atoms with Gasteiger partial charge >= 0.3 is 11.7 Å². The van der Waals surface area contributed by atoms with Gasteiger partial charge < -0.3 is 0 Å². The van der Waals surface area contributed by atoms with Gasteiger partial charge in [-0.05, 0) is 36.4 Å². The molecule has 0 saturated heterocycles. The molecule has 3 aromatic rings. The summed E-state index contributed by atoms with van der Waals surface area (Å²) in [7, 11) is -4.12. The Bertz CT molecular complexity index is 1140. The average molecular weight is 452 g/mol. The molecular weight excluding hydrogens is 441 g/mol. The van der Waals surface area contributed by atoms with Crippen molar-refractivity contribution in [2.75, 3.05) is 0 Å². The van der Waals surface area contributed by atoms with Crippen LogP contribution in [0.2, 0.25) is 5.02 Å². The Kier molecular flexibility index (Phi) is 5.39. The first-order chi connectivity index (χ1) is 13.5. The van der Waals surface area contributed by atoms with Gasteiger partial charge in [-0.3, -0.25) is 0 Å². The van der Waals surface area contributed by atoms with E-state index in [4.69, 9.17) is 11.6 Å². The average Bonchev–Trinajstić information content (AvgIpc) is 3.02. The first-order valence-corrected chi connectivity index (χ1v) is 9.69. The van der Waals surface area contributed by atoms with Crippen LogP contribution >= 0.6 is 11.6 Å². The maximum absolute atomic E-state index is 14.1. The molecule has 3 rings (SSSR count). The van der Waals surface area contributed by atoms with E-state index in [0.29, 0.717) is 0 Å². The van der Waals surface area contributed by atoms with E-state index in [9.17, 15) is 30.4 Å². The molecule has 0 N–H and O–H groups in total. The maximum atomic E-state index is 14.1. The number of aromatic nitrogens is 3. The summed E-state index contributed by atoms with van der Waals surface area (Å²) in [6.07, 6.45) is -4.38. The highest BCUT2D eigenvalue weighted by molar-refractivity contribution is 7.92. The summed E-state index contributed by atoms with van der Waals surface area (Å²) in [5, 5.41) is -1.10. The highest BCUT2D eigenvalue weighted by Crippen LogP contribution is 2.35. The fraction of sp³-hybridized carbons (Fsp3) is 0.176. The van der Waals surface area contributed by atoms with E-state index in [-0.39, 0.29) is 27.8 Å². The number of aryl methyl sites for hydroxylation is 1. The van der Waals surface area contributed by atoms with Gasteiger partial charge in [-0.25, -0.2) is 31.3 Å². The minimum absolute atomic E-state index is 0.0493. The molecule has 0 aliphatic carbocycles. The minimum atomic E-state index is -5.59. The molecule has 0 atom stereocenters. The number of hydrogen-bond acceptors (Lipinski definition) is 4. The standard InChI is InChI=1S/C17H11ClF5N3O2S/c1-26-15(24-14(25-26)13-11(18)3-2-4-12(13)19)9-5-7-10(8-6-9)29(27,28)17(22,23)16(20)21/h2-8,16H,1H3. The SMILES string of the molecule is Cn1nc(-c2c(F)cccc2Cl)nc1-c1ccc(S(=O)(=O)C(F)(F)C(F)F)cc1. The Morgan fingerprint density at radius 2 is 1.72 bits per heavy atom. The van der Waals surface area contributed by atoms with E-state index in [2.05, 4.69) is 10.1 Å². The predicted octanol–water partition coefficient (Wildman–Crippen LogP) is 4.57. The minimum Gasteiger partial charge on any atom is -0.248 e. The van der Waals surface area contributed by atoms with Crippen LogP contribution in [-0.2, 0) is 16.9 Å². The van der Waals surface area contributed by atoms with Gasteiger partial charge in [0.25, 0.3) is 0 Å². The first-order valence-electron chi connectivity index (χ1n) is 7.83. The third-order valence-electron chi connectivity index (χ3n) is 3.98.